The zero-order valence-electron chi connectivity index (χ0n) is 18.2. The fourth-order valence-electron chi connectivity index (χ4n) is 2.63. The molecule has 0 aliphatic carbocycles. The monoisotopic (exact) mass is 412 g/mol. The van der Waals surface area contributed by atoms with E-state index in [1.54, 1.807) is 32.9 Å². The smallest absolute Gasteiger partial charge is 0.412 e. The molecule has 0 aliphatic rings. The highest BCUT2D eigenvalue weighted by Crippen LogP contribution is 2.20. The fourth-order valence-corrected chi connectivity index (χ4v) is 2.63. The van der Waals surface area contributed by atoms with E-state index >= 15 is 0 Å². The molecular formula is C23H28N2O5. The number of hydrogen-bond donors (Lipinski definition) is 2. The number of amides is 2. The van der Waals surface area contributed by atoms with Crippen LogP contribution in [-0.2, 0) is 14.3 Å². The van der Waals surface area contributed by atoms with Crippen molar-refractivity contribution in [2.24, 2.45) is 0 Å². The zero-order valence-corrected chi connectivity index (χ0v) is 18.2. The molecule has 2 amide bonds. The maximum atomic E-state index is 12.4. The number of carbonyl (C=O) groups excluding carboxylic acids is 3. The predicted octanol–water partition coefficient (Wildman–Crippen LogP) is 4.83. The zero-order chi connectivity index (χ0) is 22.5. The Morgan fingerprint density at radius 2 is 1.47 bits per heavy atom. The van der Waals surface area contributed by atoms with Gasteiger partial charge in [0.15, 0.2) is 6.10 Å². The molecule has 30 heavy (non-hydrogen) atoms. The topological polar surface area (TPSA) is 93.7 Å². The Morgan fingerprint density at radius 3 is 2.00 bits per heavy atom. The Kier molecular flexibility index (Phi) is 7.21. The van der Waals surface area contributed by atoms with Gasteiger partial charge in [0.05, 0.1) is 5.56 Å². The number of carbonyl (C=O) groups is 3. The molecule has 7 heteroatoms. The maximum Gasteiger partial charge on any atom is 0.412 e. The summed E-state index contributed by atoms with van der Waals surface area (Å²) >= 11 is 0. The van der Waals surface area contributed by atoms with E-state index in [2.05, 4.69) is 10.6 Å². The summed E-state index contributed by atoms with van der Waals surface area (Å²) in [6.45, 7) is 10.6. The van der Waals surface area contributed by atoms with Crippen molar-refractivity contribution in [3.8, 4) is 0 Å². The third-order valence-corrected chi connectivity index (χ3v) is 4.15. The number of ether oxygens (including phenoxy) is 2. The third-order valence-electron chi connectivity index (χ3n) is 4.15. The molecule has 0 saturated carbocycles. The summed E-state index contributed by atoms with van der Waals surface area (Å²) in [5.41, 5.74) is 2.69. The van der Waals surface area contributed by atoms with Crippen LogP contribution in [0.2, 0.25) is 0 Å². The van der Waals surface area contributed by atoms with Crippen molar-refractivity contribution in [3.05, 3.63) is 59.2 Å². The predicted molar refractivity (Wildman–Crippen MR) is 116 cm³/mol. The van der Waals surface area contributed by atoms with E-state index in [4.69, 9.17) is 9.47 Å². The Morgan fingerprint density at radius 1 is 0.900 bits per heavy atom. The van der Waals surface area contributed by atoms with Gasteiger partial charge in [-0.3, -0.25) is 10.1 Å². The number of anilines is 2. The second-order valence-electron chi connectivity index (χ2n) is 8.01. The molecule has 0 aliphatic heterocycles. The Bertz CT molecular complexity index is 909. The summed E-state index contributed by atoms with van der Waals surface area (Å²) in [6.07, 6.45) is -1.56. The summed E-state index contributed by atoms with van der Waals surface area (Å²) in [5, 5.41) is 5.39. The van der Waals surface area contributed by atoms with Gasteiger partial charge in [-0.1, -0.05) is 18.2 Å². The maximum absolute atomic E-state index is 12.4. The number of esters is 1. The van der Waals surface area contributed by atoms with E-state index in [1.165, 1.54) is 19.1 Å². The molecule has 7 nitrogen and oxygen atoms in total. The second-order valence-corrected chi connectivity index (χ2v) is 8.01. The molecule has 2 aromatic rings. The van der Waals surface area contributed by atoms with Crippen molar-refractivity contribution in [1.29, 1.82) is 0 Å². The first-order valence-corrected chi connectivity index (χ1v) is 9.64. The summed E-state index contributed by atoms with van der Waals surface area (Å²) < 4.78 is 10.5. The molecule has 160 valence electrons. The van der Waals surface area contributed by atoms with Gasteiger partial charge in [-0.15, -0.1) is 0 Å². The minimum atomic E-state index is -0.976. The standard InChI is InChI=1S/C23H28N2O5/c1-14-8-7-9-15(2)19(14)25-20(26)16(3)29-21(27)17-10-12-18(13-11-17)24-22(28)30-23(4,5)6/h7-13,16H,1-6H3,(H,24,28)(H,25,26)/t16-/m0/s1. The van der Waals surface area contributed by atoms with Crippen molar-refractivity contribution < 1.29 is 23.9 Å². The lowest BCUT2D eigenvalue weighted by atomic mass is 10.1. The highest BCUT2D eigenvalue weighted by atomic mass is 16.6. The summed E-state index contributed by atoms with van der Waals surface area (Å²) in [5.74, 6) is -1.05. The largest absolute Gasteiger partial charge is 0.449 e. The Hall–Kier alpha value is -3.35. The summed E-state index contributed by atoms with van der Waals surface area (Å²) in [6, 6.07) is 11.8. The lowest BCUT2D eigenvalue weighted by molar-refractivity contribution is -0.123. The van der Waals surface area contributed by atoms with Gasteiger partial charge in [0.1, 0.15) is 5.60 Å². The Balaban J connectivity index is 1.95. The molecule has 2 aromatic carbocycles. The van der Waals surface area contributed by atoms with E-state index in [1.807, 2.05) is 32.0 Å². The van der Waals surface area contributed by atoms with Crippen molar-refractivity contribution >= 4 is 29.3 Å². The molecule has 2 rings (SSSR count). The average molecular weight is 412 g/mol. The van der Waals surface area contributed by atoms with Crippen molar-refractivity contribution in [2.45, 2.75) is 53.2 Å². The van der Waals surface area contributed by atoms with Crippen LogP contribution in [0.1, 0.15) is 49.2 Å². The van der Waals surface area contributed by atoms with Gasteiger partial charge < -0.3 is 14.8 Å². The van der Waals surface area contributed by atoms with Gasteiger partial charge in [-0.25, -0.2) is 9.59 Å². The first-order valence-electron chi connectivity index (χ1n) is 9.64. The summed E-state index contributed by atoms with van der Waals surface area (Å²) in [4.78, 5) is 36.6. The van der Waals surface area contributed by atoms with Crippen LogP contribution in [-0.4, -0.2) is 29.7 Å². The molecule has 0 bridgehead atoms. The van der Waals surface area contributed by atoms with Crippen LogP contribution >= 0.6 is 0 Å². The quantitative estimate of drug-likeness (QED) is 0.686. The van der Waals surface area contributed by atoms with Crippen LogP contribution in [0, 0.1) is 13.8 Å². The lowest BCUT2D eigenvalue weighted by Gasteiger charge is -2.19. The SMILES string of the molecule is Cc1cccc(C)c1NC(=O)[C@H](C)OC(=O)c1ccc(NC(=O)OC(C)(C)C)cc1. The number of aryl methyl sites for hydroxylation is 2. The third kappa shape index (κ3) is 6.62. The van der Waals surface area contributed by atoms with Crippen molar-refractivity contribution in [1.82, 2.24) is 0 Å². The van der Waals surface area contributed by atoms with Gasteiger partial charge in [0, 0.05) is 11.4 Å². The van der Waals surface area contributed by atoms with E-state index in [9.17, 15) is 14.4 Å². The van der Waals surface area contributed by atoms with Crippen molar-refractivity contribution in [3.63, 3.8) is 0 Å². The molecule has 0 radical (unpaired) electrons. The highest BCUT2D eigenvalue weighted by Gasteiger charge is 2.21. The number of nitrogens with one attached hydrogen (secondary N) is 2. The van der Waals surface area contributed by atoms with Gasteiger partial charge in [0.2, 0.25) is 0 Å². The van der Waals surface area contributed by atoms with Crippen molar-refractivity contribution in [2.75, 3.05) is 10.6 Å². The molecule has 0 spiro atoms. The summed E-state index contributed by atoms with van der Waals surface area (Å²) in [7, 11) is 0. The van der Waals surface area contributed by atoms with Gasteiger partial charge >= 0.3 is 12.1 Å². The van der Waals surface area contributed by atoms with Crippen LogP contribution in [0.5, 0.6) is 0 Å². The normalized spacial score (nSPS) is 11.9. The first-order chi connectivity index (χ1) is 14.0. The minimum Gasteiger partial charge on any atom is -0.449 e. The highest BCUT2D eigenvalue weighted by molar-refractivity contribution is 5.98. The minimum absolute atomic E-state index is 0.261. The van der Waals surface area contributed by atoms with Gasteiger partial charge in [0.25, 0.3) is 5.91 Å². The molecule has 1 atom stereocenters. The molecule has 0 saturated heterocycles. The van der Waals surface area contributed by atoms with Gasteiger partial charge in [-0.2, -0.15) is 0 Å². The molecule has 2 N–H and O–H groups in total. The van der Waals surface area contributed by atoms with E-state index in [0.717, 1.165) is 11.1 Å². The second kappa shape index (κ2) is 9.43. The van der Waals surface area contributed by atoms with Crippen LogP contribution in [0.15, 0.2) is 42.5 Å². The molecule has 0 aromatic heterocycles. The van der Waals surface area contributed by atoms with Crippen LogP contribution in [0.3, 0.4) is 0 Å². The van der Waals surface area contributed by atoms with Gasteiger partial charge in [-0.05, 0) is 76.9 Å². The molecule has 0 heterocycles. The Labute approximate surface area is 176 Å². The lowest BCUT2D eigenvalue weighted by Crippen LogP contribution is -2.30. The number of para-hydroxylation sites is 1. The number of rotatable bonds is 5. The van der Waals surface area contributed by atoms with Crippen LogP contribution < -0.4 is 10.6 Å². The van der Waals surface area contributed by atoms with E-state index in [0.29, 0.717) is 11.4 Å². The fraction of sp³-hybridized carbons (Fsp3) is 0.348. The van der Waals surface area contributed by atoms with Crippen LogP contribution in [0.25, 0.3) is 0 Å². The average Bonchev–Trinajstić information content (AvgIpc) is 2.63. The molecule has 0 unspecified atom stereocenters. The van der Waals surface area contributed by atoms with Crippen LogP contribution in [0.4, 0.5) is 16.2 Å². The number of hydrogen-bond acceptors (Lipinski definition) is 5. The molecular weight excluding hydrogens is 384 g/mol. The first kappa shape index (κ1) is 22.9. The molecule has 0 fully saturated rings. The van der Waals surface area contributed by atoms with E-state index < -0.39 is 29.7 Å². The van der Waals surface area contributed by atoms with E-state index in [-0.39, 0.29) is 5.56 Å². The number of benzene rings is 2.